The van der Waals surface area contributed by atoms with Crippen LogP contribution < -0.4 is 4.74 Å². The molecule has 0 unspecified atom stereocenters. The minimum absolute atomic E-state index is 0.422. The number of carboxylic acid groups (broad SMARTS) is 1. The normalized spacial score (nSPS) is 19.2. The second-order valence-corrected chi connectivity index (χ2v) is 7.45. The summed E-state index contributed by atoms with van der Waals surface area (Å²) in [7, 11) is 1.07. The van der Waals surface area contributed by atoms with Gasteiger partial charge >= 0.3 is 13.1 Å². The zero-order chi connectivity index (χ0) is 19.5. The lowest BCUT2D eigenvalue weighted by Crippen LogP contribution is -2.41. The Kier molecular flexibility index (Phi) is 6.27. The van der Waals surface area contributed by atoms with Gasteiger partial charge in [0.2, 0.25) is 0 Å². The fraction of sp³-hybridized carbons (Fsp3) is 0.421. The molecule has 0 saturated carbocycles. The molecule has 1 aromatic carbocycles. The Labute approximate surface area is 160 Å². The first kappa shape index (κ1) is 20.6. The van der Waals surface area contributed by atoms with Crippen LogP contribution >= 0.6 is 12.6 Å². The molecule has 0 atom stereocenters. The number of ether oxygens (including phenoxy) is 1. The number of hydrogen-bond donors (Lipinski definition) is 2. The van der Waals surface area contributed by atoms with Gasteiger partial charge in [0.15, 0.2) is 0 Å². The average Bonchev–Trinajstić information content (AvgIpc) is 2.78. The van der Waals surface area contributed by atoms with E-state index in [1.165, 1.54) is 6.08 Å². The second-order valence-electron chi connectivity index (χ2n) is 7.14. The monoisotopic (exact) mass is 376 g/mol. The second kappa shape index (κ2) is 7.90. The van der Waals surface area contributed by atoms with E-state index in [1.807, 2.05) is 45.9 Å². The van der Waals surface area contributed by atoms with Crippen molar-refractivity contribution < 1.29 is 23.9 Å². The van der Waals surface area contributed by atoms with Gasteiger partial charge in [0.05, 0.1) is 18.3 Å². The van der Waals surface area contributed by atoms with Gasteiger partial charge in [-0.3, -0.25) is 0 Å². The molecule has 1 aromatic rings. The van der Waals surface area contributed by atoms with E-state index in [0.29, 0.717) is 17.1 Å². The van der Waals surface area contributed by atoms with Crippen LogP contribution in [0.25, 0.3) is 12.2 Å². The van der Waals surface area contributed by atoms with Crippen molar-refractivity contribution in [1.29, 1.82) is 0 Å². The molecule has 0 spiro atoms. The minimum Gasteiger partial charge on any atom is -0.496 e. The van der Waals surface area contributed by atoms with E-state index in [2.05, 4.69) is 12.6 Å². The first-order chi connectivity index (χ1) is 12.1. The first-order valence-corrected chi connectivity index (χ1v) is 8.99. The van der Waals surface area contributed by atoms with Crippen molar-refractivity contribution >= 4 is 37.9 Å². The van der Waals surface area contributed by atoms with Crippen LogP contribution in [-0.2, 0) is 14.1 Å². The quantitative estimate of drug-likeness (QED) is 0.450. The molecule has 0 aromatic heterocycles. The minimum atomic E-state index is -1.01. The van der Waals surface area contributed by atoms with E-state index < -0.39 is 24.3 Å². The van der Waals surface area contributed by atoms with E-state index in [1.54, 1.807) is 13.2 Å². The van der Waals surface area contributed by atoms with Crippen LogP contribution in [0.3, 0.4) is 0 Å². The van der Waals surface area contributed by atoms with Gasteiger partial charge in [-0.25, -0.2) is 4.79 Å². The molecule has 1 aliphatic heterocycles. The molecular weight excluding hydrogens is 351 g/mol. The van der Waals surface area contributed by atoms with E-state index in [-0.39, 0.29) is 0 Å². The maximum atomic E-state index is 10.8. The fourth-order valence-electron chi connectivity index (χ4n) is 2.53. The number of carboxylic acids is 1. The summed E-state index contributed by atoms with van der Waals surface area (Å²) in [5, 5.41) is 8.85. The lowest BCUT2D eigenvalue weighted by atomic mass is 9.78. The summed E-state index contributed by atoms with van der Waals surface area (Å²) in [4.78, 5) is 10.8. The molecule has 1 saturated heterocycles. The Morgan fingerprint density at radius 3 is 2.38 bits per heavy atom. The Morgan fingerprint density at radius 1 is 1.27 bits per heavy atom. The van der Waals surface area contributed by atoms with Gasteiger partial charge in [0.25, 0.3) is 0 Å². The van der Waals surface area contributed by atoms with Crippen LogP contribution in [0.15, 0.2) is 29.7 Å². The third-order valence-electron chi connectivity index (χ3n) is 4.75. The van der Waals surface area contributed by atoms with Gasteiger partial charge in [0.1, 0.15) is 5.75 Å². The number of hydrogen-bond acceptors (Lipinski definition) is 5. The molecule has 1 heterocycles. The van der Waals surface area contributed by atoms with Gasteiger partial charge in [0, 0.05) is 17.4 Å². The molecule has 2 rings (SSSR count). The zero-order valence-corrected chi connectivity index (χ0v) is 16.7. The lowest BCUT2D eigenvalue weighted by molar-refractivity contribution is -0.131. The van der Waals surface area contributed by atoms with Gasteiger partial charge in [-0.1, -0.05) is 12.1 Å². The van der Waals surface area contributed by atoms with Crippen LogP contribution in [0.5, 0.6) is 5.75 Å². The van der Waals surface area contributed by atoms with Crippen molar-refractivity contribution in [2.75, 3.05) is 12.9 Å². The topological polar surface area (TPSA) is 65.0 Å². The number of aliphatic carboxylic acids is 1. The number of benzene rings is 1. The van der Waals surface area contributed by atoms with Crippen LogP contribution in [-0.4, -0.2) is 42.3 Å². The summed E-state index contributed by atoms with van der Waals surface area (Å²) in [5.41, 5.74) is 1.61. The maximum Gasteiger partial charge on any atom is 0.491 e. The molecule has 140 valence electrons. The van der Waals surface area contributed by atoms with Crippen molar-refractivity contribution in [1.82, 2.24) is 0 Å². The van der Waals surface area contributed by atoms with E-state index in [4.69, 9.17) is 19.2 Å². The molecule has 5 nitrogen and oxygen atoms in total. The Hall–Kier alpha value is -1.70. The zero-order valence-electron chi connectivity index (χ0n) is 15.8. The average molecular weight is 376 g/mol. The fourth-order valence-corrected chi connectivity index (χ4v) is 2.77. The smallest absolute Gasteiger partial charge is 0.491 e. The summed E-state index contributed by atoms with van der Waals surface area (Å²) >= 11 is 4.42. The van der Waals surface area contributed by atoms with Crippen molar-refractivity contribution in [2.24, 2.45) is 0 Å². The standard InChI is InChI=1S/C19H25BO5S/c1-18(2)19(3,4)25-20(24-18)15(12-26)11-13-6-8-16(23-5)14(10-13)7-9-17(21)22/h6-11,26H,12H2,1-5H3,(H,21,22)/b9-7+,15-11?. The third kappa shape index (κ3) is 4.52. The van der Waals surface area contributed by atoms with Crippen LogP contribution in [0.2, 0.25) is 0 Å². The predicted octanol–water partition coefficient (Wildman–Crippen LogP) is 3.74. The highest BCUT2D eigenvalue weighted by Gasteiger charge is 2.52. The molecule has 1 aliphatic rings. The summed E-state index contributed by atoms with van der Waals surface area (Å²) in [5.74, 6) is 0.0624. The van der Waals surface area contributed by atoms with Gasteiger partial charge in [-0.15, -0.1) is 0 Å². The van der Waals surface area contributed by atoms with Crippen LogP contribution in [0.4, 0.5) is 0 Å². The van der Waals surface area contributed by atoms with Crippen LogP contribution in [0, 0.1) is 0 Å². The molecule has 7 heteroatoms. The van der Waals surface area contributed by atoms with E-state index >= 15 is 0 Å². The Balaban J connectivity index is 2.35. The molecular formula is C19H25BO5S. The number of methoxy groups -OCH3 is 1. The number of carbonyl (C=O) groups is 1. The predicted molar refractivity (Wildman–Crippen MR) is 108 cm³/mol. The first-order valence-electron chi connectivity index (χ1n) is 8.35. The van der Waals surface area contributed by atoms with E-state index in [9.17, 15) is 4.79 Å². The molecule has 0 bridgehead atoms. The van der Waals surface area contributed by atoms with Crippen LogP contribution in [0.1, 0.15) is 38.8 Å². The van der Waals surface area contributed by atoms with Crippen molar-refractivity contribution in [2.45, 2.75) is 38.9 Å². The summed E-state index contributed by atoms with van der Waals surface area (Å²) in [6.45, 7) is 8.02. The summed E-state index contributed by atoms with van der Waals surface area (Å²) < 4.78 is 17.5. The third-order valence-corrected chi connectivity index (χ3v) is 5.12. The molecule has 1 N–H and O–H groups in total. The SMILES string of the molecule is COc1ccc(C=C(CS)B2OC(C)(C)C(C)(C)O2)cc1/C=C/C(=O)O. The Morgan fingerprint density at radius 2 is 1.88 bits per heavy atom. The Bertz CT molecular complexity index is 723. The van der Waals surface area contributed by atoms with Gasteiger partial charge in [-0.05, 0) is 56.9 Å². The maximum absolute atomic E-state index is 10.8. The molecule has 0 amide bonds. The molecule has 0 radical (unpaired) electrons. The molecule has 26 heavy (non-hydrogen) atoms. The van der Waals surface area contributed by atoms with Gasteiger partial charge in [-0.2, -0.15) is 12.6 Å². The highest BCUT2D eigenvalue weighted by atomic mass is 32.1. The summed E-state index contributed by atoms with van der Waals surface area (Å²) in [6, 6.07) is 5.55. The van der Waals surface area contributed by atoms with Crippen molar-refractivity contribution in [3.8, 4) is 5.75 Å². The van der Waals surface area contributed by atoms with Crippen molar-refractivity contribution in [3.05, 3.63) is 40.9 Å². The van der Waals surface area contributed by atoms with E-state index in [0.717, 1.165) is 17.1 Å². The highest BCUT2D eigenvalue weighted by molar-refractivity contribution is 7.80. The van der Waals surface area contributed by atoms with Gasteiger partial charge < -0.3 is 19.2 Å². The largest absolute Gasteiger partial charge is 0.496 e. The molecule has 0 aliphatic carbocycles. The number of rotatable bonds is 6. The number of thiol groups is 1. The summed E-state index contributed by atoms with van der Waals surface area (Å²) in [6.07, 6.45) is 4.54. The lowest BCUT2D eigenvalue weighted by Gasteiger charge is -2.32. The highest BCUT2D eigenvalue weighted by Crippen LogP contribution is 2.39. The molecule has 1 fully saturated rings. The van der Waals surface area contributed by atoms with Crippen molar-refractivity contribution in [3.63, 3.8) is 0 Å².